The van der Waals surface area contributed by atoms with Crippen molar-refractivity contribution >= 4 is 35.4 Å². The Balaban J connectivity index is 1.72. The third-order valence-corrected chi connectivity index (χ3v) is 5.60. The van der Waals surface area contributed by atoms with Gasteiger partial charge in [0.2, 0.25) is 11.8 Å². The van der Waals surface area contributed by atoms with Gasteiger partial charge in [0.15, 0.2) is 0 Å². The molecule has 2 heterocycles. The van der Waals surface area contributed by atoms with E-state index in [-0.39, 0.29) is 16.5 Å². The minimum Gasteiger partial charge on any atom is -0.369 e. The molecular formula is C18H20ClFN4O4. The van der Waals surface area contributed by atoms with Crippen LogP contribution in [0.2, 0.25) is 5.02 Å². The third-order valence-electron chi connectivity index (χ3n) is 5.29. The highest BCUT2D eigenvalue weighted by atomic mass is 35.5. The molecule has 10 heteroatoms. The number of halogens is 2. The van der Waals surface area contributed by atoms with Crippen LogP contribution in [0.15, 0.2) is 18.2 Å². The maximum atomic E-state index is 13.3. The average Bonchev–Trinajstić information content (AvgIpc) is 2.85. The van der Waals surface area contributed by atoms with Gasteiger partial charge in [0.1, 0.15) is 17.9 Å². The number of nitrogens with zero attached hydrogens (tertiary/aromatic N) is 2. The van der Waals surface area contributed by atoms with Crippen molar-refractivity contribution in [1.82, 2.24) is 15.1 Å². The van der Waals surface area contributed by atoms with Gasteiger partial charge in [-0.25, -0.2) is 9.18 Å². The van der Waals surface area contributed by atoms with Crippen molar-refractivity contribution in [3.63, 3.8) is 0 Å². The number of imide groups is 1. The van der Waals surface area contributed by atoms with Crippen molar-refractivity contribution in [2.45, 2.75) is 25.3 Å². The second-order valence-electron chi connectivity index (χ2n) is 7.13. The van der Waals surface area contributed by atoms with Crippen LogP contribution in [0.25, 0.3) is 0 Å². The summed E-state index contributed by atoms with van der Waals surface area (Å²) < 4.78 is 13.3. The number of carbonyl (C=O) groups excluding carboxylic acids is 4. The van der Waals surface area contributed by atoms with Crippen LogP contribution >= 0.6 is 11.6 Å². The number of hydrogen-bond acceptors (Lipinski definition) is 4. The minimum atomic E-state index is -1.50. The molecule has 5 amide bonds. The number of primary amides is 1. The first-order valence-corrected chi connectivity index (χ1v) is 9.18. The van der Waals surface area contributed by atoms with Crippen LogP contribution in [0, 0.1) is 11.7 Å². The fourth-order valence-electron chi connectivity index (χ4n) is 3.57. The first-order chi connectivity index (χ1) is 13.1. The molecule has 28 heavy (non-hydrogen) atoms. The molecule has 1 aromatic carbocycles. The molecule has 0 saturated carbocycles. The van der Waals surface area contributed by atoms with Crippen LogP contribution in [-0.4, -0.2) is 53.2 Å². The predicted octanol–water partition coefficient (Wildman–Crippen LogP) is 0.970. The highest BCUT2D eigenvalue weighted by molar-refractivity contribution is 6.32. The highest BCUT2D eigenvalue weighted by Crippen LogP contribution is 2.34. The Bertz CT molecular complexity index is 856. The van der Waals surface area contributed by atoms with E-state index >= 15 is 0 Å². The number of hydrogen-bond donors (Lipinski definition) is 2. The van der Waals surface area contributed by atoms with Crippen LogP contribution in [0.4, 0.5) is 9.18 Å². The minimum absolute atomic E-state index is 0.00199. The van der Waals surface area contributed by atoms with Crippen molar-refractivity contribution in [1.29, 1.82) is 0 Å². The zero-order chi connectivity index (χ0) is 20.6. The Morgan fingerprint density at radius 2 is 1.96 bits per heavy atom. The fraction of sp³-hybridized carbons (Fsp3) is 0.444. The van der Waals surface area contributed by atoms with Gasteiger partial charge in [-0.15, -0.1) is 0 Å². The van der Waals surface area contributed by atoms with Crippen LogP contribution in [0.3, 0.4) is 0 Å². The zero-order valence-corrected chi connectivity index (χ0v) is 16.0. The number of carbonyl (C=O) groups is 4. The number of urea groups is 1. The molecule has 150 valence electrons. The predicted molar refractivity (Wildman–Crippen MR) is 97.5 cm³/mol. The molecule has 3 rings (SSSR count). The fourth-order valence-corrected chi connectivity index (χ4v) is 3.92. The standard InChI is InChI=1S/C18H20ClFN4O4/c1-18(12-3-2-11(20)8-13(12)19)16(27)24(17(28)22-18)9-14(25)23-6-4-10(5-7-23)15(21)26/h2-3,8,10H,4-7,9H2,1H3,(H2,21,26)(H,22,28). The molecule has 0 aromatic heterocycles. The second kappa shape index (κ2) is 7.38. The molecule has 2 aliphatic heterocycles. The van der Waals surface area contributed by atoms with E-state index in [0.717, 1.165) is 17.0 Å². The number of amides is 5. The van der Waals surface area contributed by atoms with Crippen molar-refractivity contribution in [3.8, 4) is 0 Å². The van der Waals surface area contributed by atoms with Crippen molar-refractivity contribution in [3.05, 3.63) is 34.6 Å². The molecule has 2 fully saturated rings. The summed E-state index contributed by atoms with van der Waals surface area (Å²) in [5.41, 5.74) is 4.02. The molecule has 1 aromatic rings. The van der Waals surface area contributed by atoms with Gasteiger partial charge < -0.3 is 16.0 Å². The summed E-state index contributed by atoms with van der Waals surface area (Å²) in [4.78, 5) is 51.3. The summed E-state index contributed by atoms with van der Waals surface area (Å²) in [7, 11) is 0. The number of nitrogens with two attached hydrogens (primary N) is 1. The first-order valence-electron chi connectivity index (χ1n) is 8.80. The second-order valence-corrected chi connectivity index (χ2v) is 7.54. The van der Waals surface area contributed by atoms with Crippen LogP contribution in [-0.2, 0) is 19.9 Å². The SMILES string of the molecule is CC1(c2ccc(F)cc2Cl)NC(=O)N(CC(=O)N2CCC(C(N)=O)CC2)C1=O. The van der Waals surface area contributed by atoms with E-state index in [2.05, 4.69) is 5.32 Å². The Kier molecular flexibility index (Phi) is 5.29. The van der Waals surface area contributed by atoms with Crippen LogP contribution in [0.5, 0.6) is 0 Å². The molecule has 1 atom stereocenters. The molecule has 2 aliphatic rings. The number of benzene rings is 1. The van der Waals surface area contributed by atoms with Crippen LogP contribution in [0.1, 0.15) is 25.3 Å². The van der Waals surface area contributed by atoms with Gasteiger partial charge >= 0.3 is 6.03 Å². The lowest BCUT2D eigenvalue weighted by molar-refractivity contribution is -0.140. The van der Waals surface area contributed by atoms with Gasteiger partial charge in [0.25, 0.3) is 5.91 Å². The van der Waals surface area contributed by atoms with E-state index < -0.39 is 41.7 Å². The van der Waals surface area contributed by atoms with Gasteiger partial charge in [-0.3, -0.25) is 19.3 Å². The van der Waals surface area contributed by atoms with Gasteiger partial charge in [-0.1, -0.05) is 17.7 Å². The van der Waals surface area contributed by atoms with Crippen molar-refractivity contribution in [2.75, 3.05) is 19.6 Å². The number of nitrogens with one attached hydrogen (secondary N) is 1. The number of piperidine rings is 1. The molecule has 0 spiro atoms. The molecule has 0 radical (unpaired) electrons. The van der Waals surface area contributed by atoms with E-state index in [1.54, 1.807) is 0 Å². The maximum Gasteiger partial charge on any atom is 0.325 e. The van der Waals surface area contributed by atoms with Gasteiger partial charge in [0, 0.05) is 29.6 Å². The van der Waals surface area contributed by atoms with E-state index in [0.29, 0.717) is 25.9 Å². The summed E-state index contributed by atoms with van der Waals surface area (Å²) >= 11 is 6.05. The smallest absolute Gasteiger partial charge is 0.325 e. The Hall–Kier alpha value is -2.68. The first kappa shape index (κ1) is 20.1. The Labute approximate surface area is 165 Å². The largest absolute Gasteiger partial charge is 0.369 e. The van der Waals surface area contributed by atoms with Crippen LogP contribution < -0.4 is 11.1 Å². The molecule has 0 aliphatic carbocycles. The van der Waals surface area contributed by atoms with Crippen molar-refractivity contribution < 1.29 is 23.6 Å². The summed E-state index contributed by atoms with van der Waals surface area (Å²) in [5.74, 6) is -2.29. The topological polar surface area (TPSA) is 113 Å². The summed E-state index contributed by atoms with van der Waals surface area (Å²) in [6.07, 6.45) is 0.897. The molecule has 0 bridgehead atoms. The molecular weight excluding hydrogens is 391 g/mol. The number of rotatable bonds is 4. The van der Waals surface area contributed by atoms with E-state index in [1.165, 1.54) is 17.9 Å². The average molecular weight is 411 g/mol. The van der Waals surface area contributed by atoms with Crippen molar-refractivity contribution in [2.24, 2.45) is 11.7 Å². The Morgan fingerprint density at radius 1 is 1.32 bits per heavy atom. The lowest BCUT2D eigenvalue weighted by Gasteiger charge is -2.31. The van der Waals surface area contributed by atoms with Gasteiger partial charge in [0.05, 0.1) is 0 Å². The lowest BCUT2D eigenvalue weighted by atomic mass is 9.92. The quantitative estimate of drug-likeness (QED) is 0.720. The van der Waals surface area contributed by atoms with Gasteiger partial charge in [-0.2, -0.15) is 0 Å². The molecule has 3 N–H and O–H groups in total. The van der Waals surface area contributed by atoms with E-state index in [4.69, 9.17) is 17.3 Å². The number of likely N-dealkylation sites (tertiary alicyclic amines) is 1. The van der Waals surface area contributed by atoms with E-state index in [1.807, 2.05) is 0 Å². The van der Waals surface area contributed by atoms with Gasteiger partial charge in [-0.05, 0) is 31.9 Å². The molecule has 2 saturated heterocycles. The highest BCUT2D eigenvalue weighted by Gasteiger charge is 2.50. The molecule has 8 nitrogen and oxygen atoms in total. The summed E-state index contributed by atoms with van der Waals surface area (Å²) in [6.45, 7) is 1.68. The third kappa shape index (κ3) is 3.54. The molecule has 1 unspecified atom stereocenters. The maximum absolute atomic E-state index is 13.3. The lowest BCUT2D eigenvalue weighted by Crippen LogP contribution is -2.47. The zero-order valence-electron chi connectivity index (χ0n) is 15.2. The Morgan fingerprint density at radius 3 is 2.54 bits per heavy atom. The summed E-state index contributed by atoms with van der Waals surface area (Å²) in [5, 5.41) is 2.53. The monoisotopic (exact) mass is 410 g/mol. The normalized spacial score (nSPS) is 23.1. The van der Waals surface area contributed by atoms with E-state index in [9.17, 15) is 23.6 Å². The summed E-state index contributed by atoms with van der Waals surface area (Å²) in [6, 6.07) is 2.80.